The molecule has 4 N–H and O–H groups in total. The lowest BCUT2D eigenvalue weighted by Crippen LogP contribution is -2.54. The summed E-state index contributed by atoms with van der Waals surface area (Å²) in [6, 6.07) is 0.887. The van der Waals surface area contributed by atoms with Gasteiger partial charge in [-0.2, -0.15) is 0 Å². The molecular formula is C22H41N5O2. The van der Waals surface area contributed by atoms with Gasteiger partial charge in [-0.05, 0) is 45.1 Å². The molecule has 0 spiro atoms. The number of hydrogen-bond donors (Lipinski definition) is 3. The highest BCUT2D eigenvalue weighted by molar-refractivity contribution is 5.72. The Hall–Kier alpha value is -1.95. The van der Waals surface area contributed by atoms with Gasteiger partial charge in [-0.1, -0.05) is 45.4 Å². The quantitative estimate of drug-likeness (QED) is 0.342. The molecule has 2 aliphatic rings. The topological polar surface area (TPSA) is 99.8 Å². The molecule has 166 valence electrons. The van der Waals surface area contributed by atoms with E-state index in [0.717, 1.165) is 19.0 Å². The largest absolute Gasteiger partial charge is 0.352 e. The molecule has 0 radical (unpaired) electrons. The molecule has 2 heterocycles. The standard InChI is InChI=1S/C11H21N3O.C7H15N.C4H5NO/c1-3-9-7-5-6-8-14(9)10(4-2)13-11(12)15;1-2-7-5-3-4-6-8-7;1-2-3-5-4-6/h4,9-10H,2-3,5-8H2,1H3,(H3,12,13,15);7-8H,2-6H2,1H3;2H,1,3H2. The van der Waals surface area contributed by atoms with Crippen molar-refractivity contribution in [1.29, 1.82) is 0 Å². The Kier molecular flexibility index (Phi) is 16.9. The van der Waals surface area contributed by atoms with Crippen LogP contribution in [-0.4, -0.2) is 54.9 Å². The van der Waals surface area contributed by atoms with Gasteiger partial charge < -0.3 is 16.4 Å². The van der Waals surface area contributed by atoms with Gasteiger partial charge >= 0.3 is 6.03 Å². The minimum absolute atomic E-state index is 0.118. The molecule has 0 aromatic heterocycles. The molecule has 0 aliphatic carbocycles. The summed E-state index contributed by atoms with van der Waals surface area (Å²) in [7, 11) is 0. The lowest BCUT2D eigenvalue weighted by molar-refractivity contribution is 0.101. The minimum atomic E-state index is -0.486. The molecule has 2 amide bonds. The molecule has 2 aliphatic heterocycles. The molecule has 29 heavy (non-hydrogen) atoms. The van der Waals surface area contributed by atoms with E-state index in [1.165, 1.54) is 63.6 Å². The van der Waals surface area contributed by atoms with Crippen LogP contribution in [0.15, 0.2) is 30.3 Å². The number of nitrogens with one attached hydrogen (secondary N) is 2. The number of piperidine rings is 2. The van der Waals surface area contributed by atoms with Crippen molar-refractivity contribution >= 4 is 12.1 Å². The Morgan fingerprint density at radius 1 is 1.28 bits per heavy atom. The fraction of sp³-hybridized carbons (Fsp3) is 0.727. The van der Waals surface area contributed by atoms with Gasteiger partial charge in [0, 0.05) is 18.6 Å². The summed E-state index contributed by atoms with van der Waals surface area (Å²) < 4.78 is 0. The van der Waals surface area contributed by atoms with E-state index >= 15 is 0 Å². The zero-order chi connectivity index (χ0) is 21.9. The second-order valence-corrected chi connectivity index (χ2v) is 7.26. The number of carbonyl (C=O) groups is 1. The number of rotatable bonds is 7. The number of aliphatic imine (C=N–C) groups is 1. The average Bonchev–Trinajstić information content (AvgIpc) is 2.77. The summed E-state index contributed by atoms with van der Waals surface area (Å²) in [5.74, 6) is 0. The molecule has 7 heteroatoms. The van der Waals surface area contributed by atoms with Crippen LogP contribution in [0, 0.1) is 0 Å². The molecular weight excluding hydrogens is 366 g/mol. The van der Waals surface area contributed by atoms with E-state index in [1.807, 2.05) is 0 Å². The minimum Gasteiger partial charge on any atom is -0.352 e. The molecule has 0 saturated carbocycles. The van der Waals surface area contributed by atoms with Crippen molar-refractivity contribution in [2.45, 2.75) is 83.5 Å². The van der Waals surface area contributed by atoms with E-state index in [2.05, 4.69) is 47.5 Å². The van der Waals surface area contributed by atoms with Crippen molar-refractivity contribution in [2.75, 3.05) is 19.6 Å². The monoisotopic (exact) mass is 407 g/mol. The van der Waals surface area contributed by atoms with Crippen molar-refractivity contribution in [3.8, 4) is 0 Å². The highest BCUT2D eigenvalue weighted by atomic mass is 16.2. The van der Waals surface area contributed by atoms with Gasteiger partial charge in [0.2, 0.25) is 6.08 Å². The van der Waals surface area contributed by atoms with Crippen molar-refractivity contribution in [2.24, 2.45) is 10.7 Å². The SMILES string of the molecule is C=CC(NC(N)=O)N1CCCCC1CC.C=CCN=C=O.CCC1CCCCN1. The first-order valence-electron chi connectivity index (χ1n) is 10.9. The fourth-order valence-electron chi connectivity index (χ4n) is 3.62. The van der Waals surface area contributed by atoms with Gasteiger partial charge in [-0.3, -0.25) is 4.90 Å². The van der Waals surface area contributed by atoms with Crippen LogP contribution in [-0.2, 0) is 4.79 Å². The predicted octanol–water partition coefficient (Wildman–Crippen LogP) is 3.48. The third-order valence-electron chi connectivity index (χ3n) is 5.20. The summed E-state index contributed by atoms with van der Waals surface area (Å²) in [6.07, 6.45) is 14.8. The number of nitrogens with zero attached hydrogens (tertiary/aromatic N) is 2. The number of primary amides is 1. The van der Waals surface area contributed by atoms with Crippen molar-refractivity contribution in [3.05, 3.63) is 25.3 Å². The number of nitrogens with two attached hydrogens (primary N) is 1. The maximum atomic E-state index is 10.8. The van der Waals surface area contributed by atoms with Crippen molar-refractivity contribution in [3.63, 3.8) is 0 Å². The van der Waals surface area contributed by atoms with Crippen LogP contribution in [0.25, 0.3) is 0 Å². The number of hydrogen-bond acceptors (Lipinski definition) is 5. The fourth-order valence-corrected chi connectivity index (χ4v) is 3.62. The predicted molar refractivity (Wildman–Crippen MR) is 120 cm³/mol. The van der Waals surface area contributed by atoms with Crippen LogP contribution in [0.2, 0.25) is 0 Å². The number of carbonyl (C=O) groups excluding carboxylic acids is 2. The smallest absolute Gasteiger partial charge is 0.313 e. The highest BCUT2D eigenvalue weighted by Crippen LogP contribution is 2.21. The number of amides is 2. The molecule has 3 unspecified atom stereocenters. The molecule has 2 saturated heterocycles. The summed E-state index contributed by atoms with van der Waals surface area (Å²) in [5.41, 5.74) is 5.14. The van der Waals surface area contributed by atoms with E-state index in [4.69, 9.17) is 5.73 Å². The Morgan fingerprint density at radius 2 is 2.00 bits per heavy atom. The first-order chi connectivity index (χ1) is 14.0. The normalized spacial score (nSPS) is 22.3. The molecule has 7 nitrogen and oxygen atoms in total. The zero-order valence-corrected chi connectivity index (χ0v) is 18.4. The molecule has 2 rings (SSSR count). The van der Waals surface area contributed by atoms with Gasteiger partial charge in [0.05, 0.1) is 6.54 Å². The number of urea groups is 1. The number of isocyanates is 1. The van der Waals surface area contributed by atoms with E-state index in [0.29, 0.717) is 12.6 Å². The van der Waals surface area contributed by atoms with Crippen LogP contribution < -0.4 is 16.4 Å². The summed E-state index contributed by atoms with van der Waals surface area (Å²) in [4.78, 5) is 25.5. The van der Waals surface area contributed by atoms with Crippen LogP contribution in [0.1, 0.15) is 65.2 Å². The van der Waals surface area contributed by atoms with E-state index < -0.39 is 6.03 Å². The van der Waals surface area contributed by atoms with E-state index in [-0.39, 0.29) is 6.17 Å². The Balaban J connectivity index is 0.000000468. The maximum Gasteiger partial charge on any atom is 0.313 e. The van der Waals surface area contributed by atoms with Gasteiger partial charge in [-0.15, -0.1) is 6.58 Å². The van der Waals surface area contributed by atoms with Crippen LogP contribution in [0.5, 0.6) is 0 Å². The van der Waals surface area contributed by atoms with E-state index in [9.17, 15) is 9.59 Å². The van der Waals surface area contributed by atoms with Gasteiger partial charge in [-0.25, -0.2) is 14.6 Å². The second-order valence-electron chi connectivity index (χ2n) is 7.26. The molecule has 3 atom stereocenters. The van der Waals surface area contributed by atoms with Crippen LogP contribution in [0.3, 0.4) is 0 Å². The van der Waals surface area contributed by atoms with Gasteiger partial charge in [0.25, 0.3) is 0 Å². The van der Waals surface area contributed by atoms with E-state index in [1.54, 1.807) is 6.08 Å². The van der Waals surface area contributed by atoms with Crippen molar-refractivity contribution < 1.29 is 9.59 Å². The van der Waals surface area contributed by atoms with Crippen LogP contribution in [0.4, 0.5) is 4.79 Å². The summed E-state index contributed by atoms with van der Waals surface area (Å²) in [6.45, 7) is 14.1. The summed E-state index contributed by atoms with van der Waals surface area (Å²) in [5, 5.41) is 6.18. The first-order valence-corrected chi connectivity index (χ1v) is 10.9. The highest BCUT2D eigenvalue weighted by Gasteiger charge is 2.26. The molecule has 0 aromatic rings. The Morgan fingerprint density at radius 3 is 2.41 bits per heavy atom. The van der Waals surface area contributed by atoms with Gasteiger partial charge in [0.15, 0.2) is 0 Å². The lowest BCUT2D eigenvalue weighted by atomic mass is 9.99. The summed E-state index contributed by atoms with van der Waals surface area (Å²) >= 11 is 0. The lowest BCUT2D eigenvalue weighted by Gasteiger charge is -2.39. The number of likely N-dealkylation sites (tertiary alicyclic amines) is 1. The Labute approximate surface area is 176 Å². The molecule has 0 bridgehead atoms. The third-order valence-corrected chi connectivity index (χ3v) is 5.20. The van der Waals surface area contributed by atoms with Crippen molar-refractivity contribution in [1.82, 2.24) is 15.5 Å². The van der Waals surface area contributed by atoms with Gasteiger partial charge in [0.1, 0.15) is 6.17 Å². The maximum absolute atomic E-state index is 10.8. The molecule has 0 aromatic carbocycles. The van der Waals surface area contributed by atoms with Crippen LogP contribution >= 0.6 is 0 Å². The molecule has 2 fully saturated rings. The average molecular weight is 408 g/mol. The zero-order valence-electron chi connectivity index (χ0n) is 18.4. The Bertz CT molecular complexity index is 499. The first kappa shape index (κ1) is 27.0. The third kappa shape index (κ3) is 13.0. The second kappa shape index (κ2) is 18.1.